The molecule has 3 fully saturated rings. The smallest absolute Gasteiger partial charge is 0.235 e. The van der Waals surface area contributed by atoms with E-state index in [1.165, 1.54) is 10.6 Å². The average molecular weight is 450 g/mol. The van der Waals surface area contributed by atoms with Crippen LogP contribution >= 0.6 is 0 Å². The lowest BCUT2D eigenvalue weighted by atomic mass is 9.88. The van der Waals surface area contributed by atoms with Crippen molar-refractivity contribution in [2.75, 3.05) is 29.6 Å². The van der Waals surface area contributed by atoms with Gasteiger partial charge in [-0.25, -0.2) is 17.7 Å². The molecule has 1 amide bonds. The van der Waals surface area contributed by atoms with E-state index in [-0.39, 0.29) is 23.4 Å². The van der Waals surface area contributed by atoms with Crippen LogP contribution in [0.5, 0.6) is 0 Å². The van der Waals surface area contributed by atoms with Gasteiger partial charge in [-0.2, -0.15) is 4.98 Å². The van der Waals surface area contributed by atoms with Crippen LogP contribution in [0.2, 0.25) is 0 Å². The van der Waals surface area contributed by atoms with Gasteiger partial charge in [-0.1, -0.05) is 0 Å². The van der Waals surface area contributed by atoms with Gasteiger partial charge in [0.05, 0.1) is 23.3 Å². The molecular weight excluding hydrogens is 418 g/mol. The Labute approximate surface area is 183 Å². The molecule has 1 aromatic heterocycles. The second-order valence-corrected chi connectivity index (χ2v) is 12.0. The molecule has 0 aromatic carbocycles. The molecule has 5 rings (SSSR count). The predicted molar refractivity (Wildman–Crippen MR) is 116 cm³/mol. The second-order valence-electron chi connectivity index (χ2n) is 10.0. The summed E-state index contributed by atoms with van der Waals surface area (Å²) >= 11 is 0. The van der Waals surface area contributed by atoms with Crippen LogP contribution in [0.1, 0.15) is 57.4 Å². The minimum Gasteiger partial charge on any atom is -0.388 e. The van der Waals surface area contributed by atoms with Gasteiger partial charge >= 0.3 is 0 Å². The molecule has 2 saturated carbocycles. The van der Waals surface area contributed by atoms with Gasteiger partial charge < -0.3 is 10.4 Å². The molecule has 9 nitrogen and oxygen atoms in total. The SMILES string of the molecule is CC1(O)CCCC1N1C(=O)C2(CC2)Cc2cnc(NC3CCN(S(C)(=O)=O)CC3)nc21. The van der Waals surface area contributed by atoms with Crippen molar-refractivity contribution in [1.82, 2.24) is 14.3 Å². The Morgan fingerprint density at radius 1 is 1.19 bits per heavy atom. The van der Waals surface area contributed by atoms with Gasteiger partial charge in [0, 0.05) is 30.9 Å². The third kappa shape index (κ3) is 3.72. The van der Waals surface area contributed by atoms with Crippen molar-refractivity contribution in [2.24, 2.45) is 5.41 Å². The number of anilines is 2. The largest absolute Gasteiger partial charge is 0.388 e. The number of nitrogens with one attached hydrogen (secondary N) is 1. The number of piperidine rings is 1. The van der Waals surface area contributed by atoms with E-state index < -0.39 is 15.6 Å². The van der Waals surface area contributed by atoms with Crippen LogP contribution in [0.25, 0.3) is 0 Å². The lowest BCUT2D eigenvalue weighted by molar-refractivity contribution is -0.125. The Morgan fingerprint density at radius 2 is 1.90 bits per heavy atom. The summed E-state index contributed by atoms with van der Waals surface area (Å²) in [5.74, 6) is 1.18. The predicted octanol–water partition coefficient (Wildman–Crippen LogP) is 1.29. The van der Waals surface area contributed by atoms with Crippen molar-refractivity contribution < 1.29 is 18.3 Å². The van der Waals surface area contributed by atoms with Crippen molar-refractivity contribution in [1.29, 1.82) is 0 Å². The van der Waals surface area contributed by atoms with E-state index in [4.69, 9.17) is 4.98 Å². The number of aromatic nitrogens is 2. The fraction of sp³-hybridized carbons (Fsp3) is 0.762. The monoisotopic (exact) mass is 449 g/mol. The van der Waals surface area contributed by atoms with E-state index in [9.17, 15) is 18.3 Å². The number of nitrogens with zero attached hydrogens (tertiary/aromatic N) is 4. The lowest BCUT2D eigenvalue weighted by Gasteiger charge is -2.41. The third-order valence-corrected chi connectivity index (χ3v) is 8.87. The number of sulfonamides is 1. The highest BCUT2D eigenvalue weighted by Gasteiger charge is 2.58. The molecule has 2 aliphatic heterocycles. The summed E-state index contributed by atoms with van der Waals surface area (Å²) in [5, 5.41) is 14.3. The number of rotatable bonds is 4. The second kappa shape index (κ2) is 7.11. The summed E-state index contributed by atoms with van der Waals surface area (Å²) < 4.78 is 25.0. The first-order valence-electron chi connectivity index (χ1n) is 11.2. The number of aliphatic hydroxyl groups is 1. The zero-order chi connectivity index (χ0) is 22.0. The topological polar surface area (TPSA) is 116 Å². The average Bonchev–Trinajstić information content (AvgIpc) is 3.39. The van der Waals surface area contributed by atoms with E-state index >= 15 is 0 Å². The summed E-state index contributed by atoms with van der Waals surface area (Å²) in [5.41, 5.74) is -0.281. The van der Waals surface area contributed by atoms with Gasteiger partial charge in [-0.15, -0.1) is 0 Å². The normalized spacial score (nSPS) is 31.1. The number of carbonyl (C=O) groups excluding carboxylic acids is 1. The molecule has 0 bridgehead atoms. The minimum absolute atomic E-state index is 0.0770. The standard InChI is InChI=1S/C21H31N5O4S/c1-20(28)7-3-4-16(20)26-17-14(12-21(8-9-21)18(26)27)13-22-19(24-17)23-15-5-10-25(11-6-15)31(2,29)30/h13,15-16,28H,3-12H2,1-2H3,(H,22,23,24). The maximum Gasteiger partial charge on any atom is 0.235 e. The van der Waals surface area contributed by atoms with E-state index in [0.717, 1.165) is 31.2 Å². The van der Waals surface area contributed by atoms with Gasteiger partial charge in [0.25, 0.3) is 0 Å². The van der Waals surface area contributed by atoms with Crippen molar-refractivity contribution in [3.63, 3.8) is 0 Å². The molecular formula is C21H31N5O4S. The Balaban J connectivity index is 1.39. The van der Waals surface area contributed by atoms with E-state index in [2.05, 4.69) is 10.3 Å². The van der Waals surface area contributed by atoms with Crippen molar-refractivity contribution in [3.05, 3.63) is 11.8 Å². The van der Waals surface area contributed by atoms with Crippen LogP contribution in [-0.4, -0.2) is 70.7 Å². The summed E-state index contributed by atoms with van der Waals surface area (Å²) in [6, 6.07) is -0.189. The van der Waals surface area contributed by atoms with Crippen LogP contribution in [0.3, 0.4) is 0 Å². The molecule has 4 aliphatic rings. The van der Waals surface area contributed by atoms with Gasteiger partial charge in [0.15, 0.2) is 0 Å². The molecule has 10 heteroatoms. The van der Waals surface area contributed by atoms with Crippen LogP contribution < -0.4 is 10.2 Å². The van der Waals surface area contributed by atoms with Crippen molar-refractivity contribution >= 4 is 27.7 Å². The fourth-order valence-electron chi connectivity index (χ4n) is 5.48. The first-order valence-corrected chi connectivity index (χ1v) is 13.1. The van der Waals surface area contributed by atoms with E-state index in [1.807, 2.05) is 13.1 Å². The number of hydrogen-bond donors (Lipinski definition) is 2. The number of fused-ring (bicyclic) bond motifs is 1. The summed E-state index contributed by atoms with van der Waals surface area (Å²) in [6.07, 6.45) is 9.18. The minimum atomic E-state index is -3.17. The summed E-state index contributed by atoms with van der Waals surface area (Å²) in [7, 11) is -3.17. The zero-order valence-electron chi connectivity index (χ0n) is 18.2. The molecule has 2 unspecified atom stereocenters. The Bertz CT molecular complexity index is 999. The van der Waals surface area contributed by atoms with Crippen LogP contribution in [0.4, 0.5) is 11.8 Å². The number of amides is 1. The van der Waals surface area contributed by atoms with Crippen LogP contribution in [0.15, 0.2) is 6.20 Å². The Hall–Kier alpha value is -1.78. The zero-order valence-corrected chi connectivity index (χ0v) is 19.0. The first kappa shape index (κ1) is 21.1. The van der Waals surface area contributed by atoms with E-state index in [0.29, 0.717) is 50.5 Å². The molecule has 170 valence electrons. The molecule has 2 N–H and O–H groups in total. The maximum absolute atomic E-state index is 13.5. The Kier molecular flexibility index (Phi) is 4.84. The molecule has 31 heavy (non-hydrogen) atoms. The summed E-state index contributed by atoms with van der Waals surface area (Å²) in [4.78, 5) is 24.5. The fourth-order valence-corrected chi connectivity index (χ4v) is 6.35. The van der Waals surface area contributed by atoms with Gasteiger partial charge in [-0.05, 0) is 58.3 Å². The third-order valence-electron chi connectivity index (χ3n) is 7.57. The van der Waals surface area contributed by atoms with Crippen LogP contribution in [0, 0.1) is 5.41 Å². The number of hydrogen-bond acceptors (Lipinski definition) is 7. The molecule has 1 aromatic rings. The maximum atomic E-state index is 13.5. The Morgan fingerprint density at radius 3 is 2.48 bits per heavy atom. The highest BCUT2D eigenvalue weighted by Crippen LogP contribution is 2.55. The molecule has 2 atom stereocenters. The van der Waals surface area contributed by atoms with Gasteiger partial charge in [-0.3, -0.25) is 9.69 Å². The lowest BCUT2D eigenvalue weighted by Crippen LogP contribution is -2.55. The van der Waals surface area contributed by atoms with E-state index in [1.54, 1.807) is 4.90 Å². The first-order chi connectivity index (χ1) is 14.6. The molecule has 3 heterocycles. The highest BCUT2D eigenvalue weighted by molar-refractivity contribution is 7.88. The van der Waals surface area contributed by atoms with Crippen molar-refractivity contribution in [3.8, 4) is 0 Å². The van der Waals surface area contributed by atoms with Crippen LogP contribution in [-0.2, 0) is 21.2 Å². The molecule has 1 saturated heterocycles. The molecule has 1 spiro atoms. The molecule has 2 aliphatic carbocycles. The molecule has 0 radical (unpaired) electrons. The summed E-state index contributed by atoms with van der Waals surface area (Å²) in [6.45, 7) is 2.76. The highest BCUT2D eigenvalue weighted by atomic mass is 32.2. The van der Waals surface area contributed by atoms with Crippen molar-refractivity contribution in [2.45, 2.75) is 76.0 Å². The quantitative estimate of drug-likeness (QED) is 0.711. The van der Waals surface area contributed by atoms with Gasteiger partial charge in [0.1, 0.15) is 5.82 Å². The van der Waals surface area contributed by atoms with Gasteiger partial charge in [0.2, 0.25) is 21.9 Å². The number of carbonyl (C=O) groups is 1.